The second kappa shape index (κ2) is 12.4. The van der Waals surface area contributed by atoms with Crippen LogP contribution in [0.1, 0.15) is 39.2 Å². The second-order valence-electron chi connectivity index (χ2n) is 7.71. The third-order valence-corrected chi connectivity index (χ3v) is 7.92. The molecule has 0 spiro atoms. The average molecular weight is 483 g/mol. The molecular weight excluding hydrogens is 448 g/mol. The van der Waals surface area contributed by atoms with Gasteiger partial charge in [-0.3, -0.25) is 0 Å². The number of methoxy groups -OCH3 is 2. The van der Waals surface area contributed by atoms with Crippen molar-refractivity contribution in [2.24, 2.45) is 0 Å². The van der Waals surface area contributed by atoms with Crippen molar-refractivity contribution in [3.05, 3.63) is 53.1 Å². The van der Waals surface area contributed by atoms with E-state index < -0.39 is 10.0 Å². The molecule has 2 aromatic carbocycles. The van der Waals surface area contributed by atoms with Gasteiger partial charge in [0.2, 0.25) is 10.0 Å². The lowest BCUT2D eigenvalue weighted by Gasteiger charge is -2.29. The lowest BCUT2D eigenvalue weighted by atomic mass is 10.1. The van der Waals surface area contributed by atoms with Gasteiger partial charge in [0, 0.05) is 17.6 Å². The molecule has 0 aliphatic carbocycles. The summed E-state index contributed by atoms with van der Waals surface area (Å²) in [6.45, 7) is 9.41. The number of benzene rings is 2. The van der Waals surface area contributed by atoms with E-state index in [4.69, 9.17) is 21.1 Å². The third kappa shape index (κ3) is 6.85. The summed E-state index contributed by atoms with van der Waals surface area (Å²) in [6, 6.07) is 11.6. The third-order valence-electron chi connectivity index (χ3n) is 5.69. The quantitative estimate of drug-likeness (QED) is 0.399. The van der Waals surface area contributed by atoms with E-state index in [0.29, 0.717) is 16.5 Å². The molecule has 0 saturated heterocycles. The summed E-state index contributed by atoms with van der Waals surface area (Å²) in [5, 5.41) is 0.502. The highest BCUT2D eigenvalue weighted by Crippen LogP contribution is 2.30. The highest BCUT2D eigenvalue weighted by Gasteiger charge is 2.29. The molecule has 1 atom stereocenters. The van der Waals surface area contributed by atoms with Crippen molar-refractivity contribution in [1.29, 1.82) is 0 Å². The van der Waals surface area contributed by atoms with Crippen molar-refractivity contribution in [3.63, 3.8) is 0 Å². The first-order valence-corrected chi connectivity index (χ1v) is 12.8. The smallest absolute Gasteiger partial charge is 0.243 e. The van der Waals surface area contributed by atoms with E-state index in [1.54, 1.807) is 48.9 Å². The highest BCUT2D eigenvalue weighted by atomic mass is 35.5. The summed E-state index contributed by atoms with van der Waals surface area (Å²) in [5.41, 5.74) is 0.829. The molecule has 0 saturated carbocycles. The number of rotatable bonds is 13. The minimum Gasteiger partial charge on any atom is -0.493 e. The molecule has 0 N–H and O–H groups in total. The van der Waals surface area contributed by atoms with Gasteiger partial charge >= 0.3 is 0 Å². The van der Waals surface area contributed by atoms with Gasteiger partial charge in [0.25, 0.3) is 0 Å². The van der Waals surface area contributed by atoms with Gasteiger partial charge in [-0.1, -0.05) is 31.5 Å². The van der Waals surface area contributed by atoms with Crippen LogP contribution >= 0.6 is 11.6 Å². The lowest BCUT2D eigenvalue weighted by Crippen LogP contribution is -2.38. The Morgan fingerprint density at radius 1 is 0.969 bits per heavy atom. The van der Waals surface area contributed by atoms with Crippen LogP contribution in [0.3, 0.4) is 0 Å². The van der Waals surface area contributed by atoms with Crippen LogP contribution in [-0.4, -0.2) is 57.5 Å². The lowest BCUT2D eigenvalue weighted by molar-refractivity contribution is 0.265. The van der Waals surface area contributed by atoms with E-state index in [0.717, 1.165) is 38.0 Å². The molecule has 2 aromatic rings. The number of nitrogens with zero attached hydrogens (tertiary/aromatic N) is 2. The molecule has 0 amide bonds. The predicted molar refractivity (Wildman–Crippen MR) is 130 cm³/mol. The summed E-state index contributed by atoms with van der Waals surface area (Å²) in [5.74, 6) is 1.18. The van der Waals surface area contributed by atoms with Crippen LogP contribution in [0.5, 0.6) is 11.5 Å². The van der Waals surface area contributed by atoms with E-state index in [1.165, 1.54) is 0 Å². The fraction of sp³-hybridized carbons (Fsp3) is 0.500. The summed E-state index contributed by atoms with van der Waals surface area (Å²) in [6.07, 6.45) is 1.68. The van der Waals surface area contributed by atoms with Gasteiger partial charge in [-0.25, -0.2) is 8.42 Å². The van der Waals surface area contributed by atoms with Gasteiger partial charge in [-0.05, 0) is 81.4 Å². The largest absolute Gasteiger partial charge is 0.493 e. The number of ether oxygens (including phenoxy) is 2. The molecule has 0 aliphatic rings. The Labute approximate surface area is 198 Å². The molecule has 0 aliphatic heterocycles. The number of sulfonamides is 1. The SMILES string of the molecule is CCN(CC)CCCC(C)N(Cc1ccc(OC)c(OC)c1)S(=O)(=O)c1ccc(Cl)cc1. The van der Waals surface area contributed by atoms with Gasteiger partial charge in [0.05, 0.1) is 19.1 Å². The molecule has 32 heavy (non-hydrogen) atoms. The minimum atomic E-state index is -3.72. The summed E-state index contributed by atoms with van der Waals surface area (Å²) in [7, 11) is -0.578. The van der Waals surface area contributed by atoms with Crippen LogP contribution in [0.25, 0.3) is 0 Å². The van der Waals surface area contributed by atoms with Crippen molar-refractivity contribution >= 4 is 21.6 Å². The standard InChI is InChI=1S/C24H35ClN2O4S/c1-6-26(7-2)16-8-9-19(3)27(32(28,29)22-13-11-21(25)12-14-22)18-20-10-15-23(30-4)24(17-20)31-5/h10-15,17,19H,6-9,16,18H2,1-5H3. The van der Waals surface area contributed by atoms with Crippen molar-refractivity contribution in [1.82, 2.24) is 9.21 Å². The molecule has 0 aromatic heterocycles. The van der Waals surface area contributed by atoms with Crippen molar-refractivity contribution < 1.29 is 17.9 Å². The van der Waals surface area contributed by atoms with Crippen molar-refractivity contribution in [2.75, 3.05) is 33.9 Å². The average Bonchev–Trinajstić information content (AvgIpc) is 2.80. The zero-order valence-corrected chi connectivity index (χ0v) is 21.2. The number of halogens is 1. The monoisotopic (exact) mass is 482 g/mol. The Morgan fingerprint density at radius 3 is 2.16 bits per heavy atom. The van der Waals surface area contributed by atoms with Gasteiger partial charge in [-0.2, -0.15) is 4.31 Å². The maximum atomic E-state index is 13.6. The zero-order chi connectivity index (χ0) is 23.7. The van der Waals surface area contributed by atoms with Crippen molar-refractivity contribution in [3.8, 4) is 11.5 Å². The van der Waals surface area contributed by atoms with E-state index >= 15 is 0 Å². The molecule has 2 rings (SSSR count). The van der Waals surface area contributed by atoms with Crippen LogP contribution in [0, 0.1) is 0 Å². The highest BCUT2D eigenvalue weighted by molar-refractivity contribution is 7.89. The Kier molecular flexibility index (Phi) is 10.3. The second-order valence-corrected chi connectivity index (χ2v) is 10.0. The Bertz CT molecular complexity index is 947. The van der Waals surface area contributed by atoms with Gasteiger partial charge < -0.3 is 14.4 Å². The van der Waals surface area contributed by atoms with E-state index in [2.05, 4.69) is 18.7 Å². The van der Waals surface area contributed by atoms with Gasteiger partial charge in [-0.15, -0.1) is 0 Å². The van der Waals surface area contributed by atoms with Crippen LogP contribution in [0.2, 0.25) is 5.02 Å². The van der Waals surface area contributed by atoms with E-state index in [1.807, 2.05) is 19.1 Å². The number of hydrogen-bond acceptors (Lipinski definition) is 5. The van der Waals surface area contributed by atoms with Gasteiger partial charge in [0.15, 0.2) is 11.5 Å². The summed E-state index contributed by atoms with van der Waals surface area (Å²) < 4.78 is 39.5. The topological polar surface area (TPSA) is 59.1 Å². The zero-order valence-electron chi connectivity index (χ0n) is 19.7. The maximum Gasteiger partial charge on any atom is 0.243 e. The Hall–Kier alpha value is -1.80. The van der Waals surface area contributed by atoms with Gasteiger partial charge in [0.1, 0.15) is 0 Å². The fourth-order valence-corrected chi connectivity index (χ4v) is 5.45. The molecule has 0 heterocycles. The fourth-order valence-electron chi connectivity index (χ4n) is 3.67. The van der Waals surface area contributed by atoms with Crippen LogP contribution in [0.4, 0.5) is 0 Å². The van der Waals surface area contributed by atoms with Crippen molar-refractivity contribution in [2.45, 2.75) is 51.1 Å². The maximum absolute atomic E-state index is 13.6. The number of hydrogen-bond donors (Lipinski definition) is 0. The van der Waals surface area contributed by atoms with E-state index in [9.17, 15) is 8.42 Å². The van der Waals surface area contributed by atoms with Crippen LogP contribution < -0.4 is 9.47 Å². The molecule has 0 radical (unpaired) electrons. The molecule has 0 fully saturated rings. The van der Waals surface area contributed by atoms with Crippen LogP contribution in [0.15, 0.2) is 47.4 Å². The molecule has 178 valence electrons. The van der Waals surface area contributed by atoms with Crippen LogP contribution in [-0.2, 0) is 16.6 Å². The normalized spacial score (nSPS) is 12.9. The first-order valence-electron chi connectivity index (χ1n) is 11.0. The summed E-state index contributed by atoms with van der Waals surface area (Å²) in [4.78, 5) is 2.58. The predicted octanol–water partition coefficient (Wildman–Crippen LogP) is 5.06. The molecular formula is C24H35ClN2O4S. The summed E-state index contributed by atoms with van der Waals surface area (Å²) >= 11 is 5.98. The molecule has 8 heteroatoms. The molecule has 1 unspecified atom stereocenters. The first kappa shape index (κ1) is 26.5. The first-order chi connectivity index (χ1) is 15.3. The molecule has 0 bridgehead atoms. The van der Waals surface area contributed by atoms with E-state index in [-0.39, 0.29) is 17.5 Å². The Morgan fingerprint density at radius 2 is 1.59 bits per heavy atom. The minimum absolute atomic E-state index is 0.181. The Balaban J connectivity index is 2.32. The molecule has 6 nitrogen and oxygen atoms in total.